The van der Waals surface area contributed by atoms with E-state index in [0.717, 1.165) is 0 Å². The molecule has 0 aliphatic carbocycles. The molecule has 0 rings (SSSR count). The van der Waals surface area contributed by atoms with Crippen LogP contribution in [0, 0.1) is 5.41 Å². The predicted octanol–water partition coefficient (Wildman–Crippen LogP) is 6.27. The van der Waals surface area contributed by atoms with Gasteiger partial charge in [0.25, 0.3) is 17.8 Å². The molecule has 0 amide bonds. The van der Waals surface area contributed by atoms with E-state index in [-0.39, 0.29) is 0 Å². The van der Waals surface area contributed by atoms with Gasteiger partial charge in [-0.05, 0) is 0 Å². The standard InChI is InChI=1S/C11H9F15O2/c1-4(12,13)7(5(2,14)15,6(3,16)17)8(18,19)27-9(20,21)10(22,23)28-11(24,25)26/h1-3H3. The third-order valence-corrected chi connectivity index (χ3v) is 3.25. The van der Waals surface area contributed by atoms with Crippen molar-refractivity contribution < 1.29 is 75.3 Å². The number of halogens is 15. The summed E-state index contributed by atoms with van der Waals surface area (Å²) in [7, 11) is 0. The van der Waals surface area contributed by atoms with E-state index in [0.29, 0.717) is 0 Å². The summed E-state index contributed by atoms with van der Waals surface area (Å²) in [5, 5.41) is 0. The van der Waals surface area contributed by atoms with E-state index in [2.05, 4.69) is 0 Å². The molecule has 28 heavy (non-hydrogen) atoms. The Morgan fingerprint density at radius 1 is 0.393 bits per heavy atom. The second-order valence-electron chi connectivity index (χ2n) is 5.62. The van der Waals surface area contributed by atoms with E-state index in [4.69, 9.17) is 0 Å². The van der Waals surface area contributed by atoms with Gasteiger partial charge in [-0.3, -0.25) is 0 Å². The Kier molecular flexibility index (Phi) is 6.43. The molecule has 0 saturated carbocycles. The van der Waals surface area contributed by atoms with Crippen molar-refractivity contribution in [3.05, 3.63) is 0 Å². The molecule has 0 aliphatic heterocycles. The second-order valence-corrected chi connectivity index (χ2v) is 5.62. The smallest absolute Gasteiger partial charge is 0.247 e. The summed E-state index contributed by atoms with van der Waals surface area (Å²) in [5.41, 5.74) is -6.54. The molecule has 0 bridgehead atoms. The molecule has 170 valence electrons. The maximum Gasteiger partial charge on any atom is 0.527 e. The lowest BCUT2D eigenvalue weighted by molar-refractivity contribution is -0.556. The van der Waals surface area contributed by atoms with E-state index in [1.54, 1.807) is 4.74 Å². The third kappa shape index (κ3) is 4.54. The average molecular weight is 458 g/mol. The minimum absolute atomic E-state index is 1.01. The first-order valence-electron chi connectivity index (χ1n) is 6.40. The van der Waals surface area contributed by atoms with Crippen molar-refractivity contribution in [3.8, 4) is 0 Å². The molecule has 0 spiro atoms. The lowest BCUT2D eigenvalue weighted by Crippen LogP contribution is -2.72. The van der Waals surface area contributed by atoms with Gasteiger partial charge < -0.3 is 0 Å². The van der Waals surface area contributed by atoms with Gasteiger partial charge >= 0.3 is 24.7 Å². The van der Waals surface area contributed by atoms with E-state index >= 15 is 0 Å². The molecule has 0 N–H and O–H groups in total. The highest BCUT2D eigenvalue weighted by Gasteiger charge is 2.88. The van der Waals surface area contributed by atoms with Crippen LogP contribution in [0.5, 0.6) is 0 Å². The Morgan fingerprint density at radius 3 is 0.857 bits per heavy atom. The van der Waals surface area contributed by atoms with Gasteiger partial charge in [0.1, 0.15) is 0 Å². The van der Waals surface area contributed by atoms with E-state index < -0.39 is 68.6 Å². The molecule has 0 heterocycles. The zero-order valence-corrected chi connectivity index (χ0v) is 13.5. The third-order valence-electron chi connectivity index (χ3n) is 3.25. The first-order chi connectivity index (χ1) is 11.7. The lowest BCUT2D eigenvalue weighted by atomic mass is 9.70. The fourth-order valence-electron chi connectivity index (χ4n) is 2.42. The van der Waals surface area contributed by atoms with Gasteiger partial charge in [0, 0.05) is 20.8 Å². The normalized spacial score (nSPS) is 16.5. The van der Waals surface area contributed by atoms with Crippen molar-refractivity contribution in [2.24, 2.45) is 5.41 Å². The molecule has 0 radical (unpaired) electrons. The molecule has 0 fully saturated rings. The van der Waals surface area contributed by atoms with Crippen LogP contribution in [-0.4, -0.2) is 42.5 Å². The van der Waals surface area contributed by atoms with Crippen LogP contribution in [0.3, 0.4) is 0 Å². The molecule has 0 aromatic heterocycles. The summed E-state index contributed by atoms with van der Waals surface area (Å²) >= 11 is 0. The van der Waals surface area contributed by atoms with Gasteiger partial charge in [-0.1, -0.05) is 0 Å². The Morgan fingerprint density at radius 2 is 0.643 bits per heavy atom. The van der Waals surface area contributed by atoms with Crippen LogP contribution in [0.4, 0.5) is 65.9 Å². The number of alkyl halides is 15. The first kappa shape index (κ1) is 26.9. The highest BCUT2D eigenvalue weighted by Crippen LogP contribution is 2.66. The van der Waals surface area contributed by atoms with Gasteiger partial charge in [0.15, 0.2) is 0 Å². The Labute approximate surface area is 145 Å². The Hall–Kier alpha value is -1.13. The summed E-state index contributed by atoms with van der Waals surface area (Å²) in [6.45, 7) is -3.04. The summed E-state index contributed by atoms with van der Waals surface area (Å²) in [4.78, 5) is 0. The van der Waals surface area contributed by atoms with Crippen LogP contribution in [-0.2, 0) is 9.47 Å². The van der Waals surface area contributed by atoms with Crippen LogP contribution in [0.1, 0.15) is 20.8 Å². The fourth-order valence-corrected chi connectivity index (χ4v) is 2.42. The summed E-state index contributed by atoms with van der Waals surface area (Å²) in [5.74, 6) is -18.1. The summed E-state index contributed by atoms with van der Waals surface area (Å²) in [6.07, 6.45) is -28.3. The molecule has 2 nitrogen and oxygen atoms in total. The molecule has 0 aromatic rings. The van der Waals surface area contributed by atoms with Crippen molar-refractivity contribution in [2.45, 2.75) is 63.2 Å². The largest absolute Gasteiger partial charge is 0.527 e. The zero-order valence-electron chi connectivity index (χ0n) is 13.5. The van der Waals surface area contributed by atoms with E-state index in [1.165, 1.54) is 4.74 Å². The summed E-state index contributed by atoms with van der Waals surface area (Å²) < 4.78 is 199. The topological polar surface area (TPSA) is 18.5 Å². The molecular weight excluding hydrogens is 449 g/mol. The van der Waals surface area contributed by atoms with Crippen LogP contribution >= 0.6 is 0 Å². The van der Waals surface area contributed by atoms with Gasteiger partial charge in [-0.25, -0.2) is 35.8 Å². The van der Waals surface area contributed by atoms with Crippen molar-refractivity contribution in [1.29, 1.82) is 0 Å². The fraction of sp³-hybridized carbons (Fsp3) is 1.00. The number of hydrogen-bond acceptors (Lipinski definition) is 2. The van der Waals surface area contributed by atoms with Crippen LogP contribution in [0.15, 0.2) is 0 Å². The number of rotatable bonds is 8. The van der Waals surface area contributed by atoms with Gasteiger partial charge in [0.05, 0.1) is 0 Å². The molecule has 17 heteroatoms. The van der Waals surface area contributed by atoms with Crippen LogP contribution < -0.4 is 0 Å². The van der Waals surface area contributed by atoms with Gasteiger partial charge in [0.2, 0.25) is 5.41 Å². The zero-order chi connectivity index (χ0) is 23.4. The average Bonchev–Trinajstić information content (AvgIpc) is 2.14. The predicted molar refractivity (Wildman–Crippen MR) is 57.4 cm³/mol. The van der Waals surface area contributed by atoms with Crippen molar-refractivity contribution in [2.75, 3.05) is 0 Å². The minimum Gasteiger partial charge on any atom is -0.247 e. The maximum atomic E-state index is 13.9. The lowest BCUT2D eigenvalue weighted by Gasteiger charge is -2.49. The number of hydrogen-bond donors (Lipinski definition) is 0. The molecule has 0 aliphatic rings. The summed E-state index contributed by atoms with van der Waals surface area (Å²) in [6, 6.07) is 0. The molecule has 0 saturated heterocycles. The molecule has 0 unspecified atom stereocenters. The number of ether oxygens (including phenoxy) is 2. The monoisotopic (exact) mass is 458 g/mol. The Balaban J connectivity index is 6.65. The highest BCUT2D eigenvalue weighted by atomic mass is 19.4. The molecular formula is C11H9F15O2. The molecule has 0 aromatic carbocycles. The SMILES string of the molecule is CC(F)(F)C(C(C)(F)F)(C(C)(F)F)C(F)(F)OC(F)(F)C(F)(F)OC(F)(F)F. The van der Waals surface area contributed by atoms with E-state index in [9.17, 15) is 65.9 Å². The van der Waals surface area contributed by atoms with Crippen LogP contribution in [0.2, 0.25) is 0 Å². The van der Waals surface area contributed by atoms with Crippen molar-refractivity contribution in [3.63, 3.8) is 0 Å². The second kappa shape index (κ2) is 6.70. The van der Waals surface area contributed by atoms with Gasteiger partial charge in [-0.15, -0.1) is 13.2 Å². The quantitative estimate of drug-likeness (QED) is 0.400. The maximum absolute atomic E-state index is 13.9. The van der Waals surface area contributed by atoms with E-state index in [1.807, 2.05) is 0 Å². The minimum atomic E-state index is -7.28. The first-order valence-corrected chi connectivity index (χ1v) is 6.40. The van der Waals surface area contributed by atoms with Crippen molar-refractivity contribution >= 4 is 0 Å². The highest BCUT2D eigenvalue weighted by molar-refractivity contribution is 5.11. The van der Waals surface area contributed by atoms with Gasteiger partial charge in [-0.2, -0.15) is 26.3 Å². The van der Waals surface area contributed by atoms with Crippen LogP contribution in [0.25, 0.3) is 0 Å². The van der Waals surface area contributed by atoms with Crippen molar-refractivity contribution in [1.82, 2.24) is 0 Å². The molecule has 0 atom stereocenters. The Bertz CT molecular complexity index is 512.